The lowest BCUT2D eigenvalue weighted by atomic mass is 10.1. The number of carbonyl (C=O) groups excluding carboxylic acids is 1. The number of aliphatic hydroxyl groups is 1. The van der Waals surface area contributed by atoms with Crippen LogP contribution in [0.25, 0.3) is 0 Å². The molecule has 1 heterocycles. The van der Waals surface area contributed by atoms with Gasteiger partial charge in [-0.3, -0.25) is 9.69 Å². The smallest absolute Gasteiger partial charge is 0.322 e. The van der Waals surface area contributed by atoms with E-state index in [0.29, 0.717) is 0 Å². The van der Waals surface area contributed by atoms with Crippen LogP contribution < -0.4 is 0 Å². The fourth-order valence-corrected chi connectivity index (χ4v) is 1.59. The van der Waals surface area contributed by atoms with Gasteiger partial charge in [0, 0.05) is 13.1 Å². The number of piperidine rings is 1. The van der Waals surface area contributed by atoms with Gasteiger partial charge < -0.3 is 9.84 Å². The predicted octanol–water partition coefficient (Wildman–Crippen LogP) is 0.00460. The van der Waals surface area contributed by atoms with Gasteiger partial charge in [-0.05, 0) is 19.8 Å². The molecular formula is C9H17NO3. The Morgan fingerprint density at radius 3 is 2.54 bits per heavy atom. The molecule has 0 radical (unpaired) electrons. The lowest BCUT2D eigenvalue weighted by Gasteiger charge is -2.32. The highest BCUT2D eigenvalue weighted by atomic mass is 16.5. The van der Waals surface area contributed by atoms with Crippen LogP contribution >= 0.6 is 0 Å². The molecule has 76 valence electrons. The first-order valence-corrected chi connectivity index (χ1v) is 4.65. The van der Waals surface area contributed by atoms with Gasteiger partial charge in [-0.15, -0.1) is 0 Å². The van der Waals surface area contributed by atoms with Gasteiger partial charge in [-0.25, -0.2) is 0 Å². The summed E-state index contributed by atoms with van der Waals surface area (Å²) in [5.41, 5.74) is 0. The molecule has 0 bridgehead atoms. The lowest BCUT2D eigenvalue weighted by molar-refractivity contribution is -0.147. The summed E-state index contributed by atoms with van der Waals surface area (Å²) >= 11 is 0. The second-order valence-electron chi connectivity index (χ2n) is 3.47. The molecule has 1 aliphatic rings. The first kappa shape index (κ1) is 10.5. The van der Waals surface area contributed by atoms with E-state index in [-0.39, 0.29) is 18.1 Å². The molecule has 1 saturated heterocycles. The minimum atomic E-state index is -0.198. The molecule has 0 aromatic heterocycles. The first-order valence-electron chi connectivity index (χ1n) is 4.65. The van der Waals surface area contributed by atoms with Crippen molar-refractivity contribution in [3.8, 4) is 0 Å². The normalized spacial score (nSPS) is 22.7. The van der Waals surface area contributed by atoms with Gasteiger partial charge in [0.05, 0.1) is 13.2 Å². The number of aliphatic hydroxyl groups excluding tert-OH is 1. The van der Waals surface area contributed by atoms with E-state index >= 15 is 0 Å². The van der Waals surface area contributed by atoms with E-state index < -0.39 is 0 Å². The van der Waals surface area contributed by atoms with Crippen molar-refractivity contribution in [2.45, 2.75) is 31.9 Å². The molecule has 1 unspecified atom stereocenters. The van der Waals surface area contributed by atoms with Gasteiger partial charge in [-0.1, -0.05) is 0 Å². The van der Waals surface area contributed by atoms with Crippen molar-refractivity contribution in [2.24, 2.45) is 0 Å². The fraction of sp³-hybridized carbons (Fsp3) is 0.889. The zero-order chi connectivity index (χ0) is 9.84. The van der Waals surface area contributed by atoms with Crippen molar-refractivity contribution in [1.82, 2.24) is 4.90 Å². The predicted molar refractivity (Wildman–Crippen MR) is 48.3 cm³/mol. The maximum Gasteiger partial charge on any atom is 0.322 e. The van der Waals surface area contributed by atoms with Gasteiger partial charge >= 0.3 is 5.97 Å². The Morgan fingerprint density at radius 1 is 1.54 bits per heavy atom. The Morgan fingerprint density at radius 2 is 2.08 bits per heavy atom. The molecule has 4 heteroatoms. The highest BCUT2D eigenvalue weighted by molar-refractivity contribution is 5.75. The first-order chi connectivity index (χ1) is 6.15. The Bertz CT molecular complexity index is 176. The summed E-state index contributed by atoms with van der Waals surface area (Å²) in [6.45, 7) is 3.39. The number of rotatable bonds is 2. The maximum atomic E-state index is 11.2. The number of carbonyl (C=O) groups is 1. The third-order valence-electron chi connectivity index (χ3n) is 2.59. The molecule has 0 spiro atoms. The molecule has 1 fully saturated rings. The highest BCUT2D eigenvalue weighted by Crippen LogP contribution is 2.13. The molecule has 1 rings (SSSR count). The van der Waals surface area contributed by atoms with Crippen molar-refractivity contribution in [3.05, 3.63) is 0 Å². The number of esters is 1. The number of hydrogen-bond donors (Lipinski definition) is 1. The Hall–Kier alpha value is -0.610. The molecule has 1 atom stereocenters. The molecule has 0 saturated carbocycles. The third kappa shape index (κ3) is 2.67. The second-order valence-corrected chi connectivity index (χ2v) is 3.47. The molecule has 1 N–H and O–H groups in total. The molecule has 4 nitrogen and oxygen atoms in total. The standard InChI is InChI=1S/C9H17NO3/c1-7(9(12)13-2)10-5-3-8(11)4-6-10/h7-8,11H,3-6H2,1-2H3. The molecule has 0 amide bonds. The minimum absolute atomic E-state index is 0.183. The summed E-state index contributed by atoms with van der Waals surface area (Å²) in [7, 11) is 1.40. The van der Waals surface area contributed by atoms with Gasteiger partial charge in [0.15, 0.2) is 0 Å². The van der Waals surface area contributed by atoms with Crippen LogP contribution in [-0.4, -0.2) is 48.3 Å². The van der Waals surface area contributed by atoms with Crippen LogP contribution in [0.2, 0.25) is 0 Å². The van der Waals surface area contributed by atoms with E-state index in [0.717, 1.165) is 25.9 Å². The fourth-order valence-electron chi connectivity index (χ4n) is 1.59. The monoisotopic (exact) mass is 187 g/mol. The minimum Gasteiger partial charge on any atom is -0.468 e. The van der Waals surface area contributed by atoms with E-state index in [1.807, 2.05) is 11.8 Å². The van der Waals surface area contributed by atoms with E-state index in [1.165, 1.54) is 7.11 Å². The number of ether oxygens (including phenoxy) is 1. The summed E-state index contributed by atoms with van der Waals surface area (Å²) in [6.07, 6.45) is 1.31. The van der Waals surface area contributed by atoms with Crippen LogP contribution in [-0.2, 0) is 9.53 Å². The Kier molecular flexibility index (Phi) is 3.69. The van der Waals surface area contributed by atoms with E-state index in [4.69, 9.17) is 0 Å². The van der Waals surface area contributed by atoms with Crippen molar-refractivity contribution < 1.29 is 14.6 Å². The SMILES string of the molecule is COC(=O)C(C)N1CCC(O)CC1. The largest absolute Gasteiger partial charge is 0.468 e. The van der Waals surface area contributed by atoms with Crippen LogP contribution in [0.1, 0.15) is 19.8 Å². The Labute approximate surface area is 78.5 Å². The van der Waals surface area contributed by atoms with Crippen molar-refractivity contribution >= 4 is 5.97 Å². The molecule has 0 aromatic carbocycles. The highest BCUT2D eigenvalue weighted by Gasteiger charge is 2.25. The van der Waals surface area contributed by atoms with E-state index in [9.17, 15) is 9.90 Å². The number of methoxy groups -OCH3 is 1. The van der Waals surface area contributed by atoms with Crippen LogP contribution in [0.15, 0.2) is 0 Å². The van der Waals surface area contributed by atoms with Gasteiger partial charge in [0.2, 0.25) is 0 Å². The molecular weight excluding hydrogens is 170 g/mol. The van der Waals surface area contributed by atoms with Crippen LogP contribution in [0, 0.1) is 0 Å². The van der Waals surface area contributed by atoms with Crippen LogP contribution in [0.3, 0.4) is 0 Å². The molecule has 0 aromatic rings. The third-order valence-corrected chi connectivity index (χ3v) is 2.59. The maximum absolute atomic E-state index is 11.2. The summed E-state index contributed by atoms with van der Waals surface area (Å²) in [5, 5.41) is 9.26. The average molecular weight is 187 g/mol. The summed E-state index contributed by atoms with van der Waals surface area (Å²) < 4.78 is 4.65. The second kappa shape index (κ2) is 4.58. The van der Waals surface area contributed by atoms with Crippen molar-refractivity contribution in [2.75, 3.05) is 20.2 Å². The number of likely N-dealkylation sites (tertiary alicyclic amines) is 1. The summed E-state index contributed by atoms with van der Waals surface area (Å²) in [4.78, 5) is 13.2. The zero-order valence-corrected chi connectivity index (χ0v) is 8.19. The average Bonchev–Trinajstić information content (AvgIpc) is 2.17. The van der Waals surface area contributed by atoms with E-state index in [1.54, 1.807) is 0 Å². The quantitative estimate of drug-likeness (QED) is 0.618. The van der Waals surface area contributed by atoms with Crippen molar-refractivity contribution in [1.29, 1.82) is 0 Å². The Balaban J connectivity index is 2.39. The molecule has 0 aliphatic carbocycles. The van der Waals surface area contributed by atoms with Crippen LogP contribution in [0.5, 0.6) is 0 Å². The lowest BCUT2D eigenvalue weighted by Crippen LogP contribution is -2.45. The summed E-state index contributed by atoms with van der Waals surface area (Å²) in [5.74, 6) is -0.198. The molecule has 1 aliphatic heterocycles. The van der Waals surface area contributed by atoms with Crippen molar-refractivity contribution in [3.63, 3.8) is 0 Å². The molecule has 13 heavy (non-hydrogen) atoms. The van der Waals surface area contributed by atoms with Crippen LogP contribution in [0.4, 0.5) is 0 Å². The van der Waals surface area contributed by atoms with E-state index in [2.05, 4.69) is 4.74 Å². The van der Waals surface area contributed by atoms with Gasteiger partial charge in [-0.2, -0.15) is 0 Å². The van der Waals surface area contributed by atoms with Gasteiger partial charge in [0.1, 0.15) is 6.04 Å². The topological polar surface area (TPSA) is 49.8 Å². The number of hydrogen-bond acceptors (Lipinski definition) is 4. The summed E-state index contributed by atoms with van der Waals surface area (Å²) in [6, 6.07) is -0.183. The van der Waals surface area contributed by atoms with Gasteiger partial charge in [0.25, 0.3) is 0 Å². The zero-order valence-electron chi connectivity index (χ0n) is 8.19. The number of nitrogens with zero attached hydrogens (tertiary/aromatic N) is 1.